The number of rotatable bonds is 2. The van der Waals surface area contributed by atoms with Gasteiger partial charge in [-0.2, -0.15) is 0 Å². The summed E-state index contributed by atoms with van der Waals surface area (Å²) in [6.45, 7) is 2.00. The average molecular weight is 310 g/mol. The van der Waals surface area contributed by atoms with Crippen molar-refractivity contribution in [2.75, 3.05) is 13.2 Å². The van der Waals surface area contributed by atoms with Gasteiger partial charge in [-0.1, -0.05) is 0 Å². The maximum Gasteiger partial charge on any atom is 0.0466 e. The Bertz CT molecular complexity index is 146. The summed E-state index contributed by atoms with van der Waals surface area (Å²) in [6.07, 6.45) is 20.6. The van der Waals surface area contributed by atoms with Crippen molar-refractivity contribution in [3.05, 3.63) is 63.2 Å². The first-order chi connectivity index (χ1) is 7.95. The standard InChI is InChI=1S/C11H10.C4H8O.Mo/c1-2-6-10(5-1)9-11-7-3-4-8-11;1-2-4-5-3-1;/h1-8H,9H2;1-4H2;. The van der Waals surface area contributed by atoms with Gasteiger partial charge in [-0.25, -0.2) is 0 Å². The molecule has 0 bridgehead atoms. The summed E-state index contributed by atoms with van der Waals surface area (Å²) in [7, 11) is 0. The van der Waals surface area contributed by atoms with E-state index in [1.54, 1.807) is 0 Å². The van der Waals surface area contributed by atoms with E-state index in [0.29, 0.717) is 0 Å². The first kappa shape index (κ1) is 15.7. The molecule has 0 spiro atoms. The summed E-state index contributed by atoms with van der Waals surface area (Å²) in [5.41, 5.74) is 0. The second kappa shape index (κ2) is 9.56. The van der Waals surface area contributed by atoms with E-state index in [1.165, 1.54) is 24.7 Å². The first-order valence-electron chi connectivity index (χ1n) is 5.94. The van der Waals surface area contributed by atoms with Crippen LogP contribution in [0.15, 0.2) is 0 Å². The van der Waals surface area contributed by atoms with Crippen molar-refractivity contribution in [2.24, 2.45) is 0 Å². The molecule has 1 nitrogen and oxygen atoms in total. The molecule has 3 fully saturated rings. The second-order valence-electron chi connectivity index (χ2n) is 4.08. The van der Waals surface area contributed by atoms with Gasteiger partial charge < -0.3 is 4.74 Å². The summed E-state index contributed by atoms with van der Waals surface area (Å²) in [5.74, 6) is 2.80. The minimum atomic E-state index is 0. The van der Waals surface area contributed by atoms with Gasteiger partial charge in [-0.15, -0.1) is 0 Å². The maximum atomic E-state index is 4.94. The van der Waals surface area contributed by atoms with Crippen LogP contribution in [0.5, 0.6) is 0 Å². The minimum Gasteiger partial charge on any atom is -0.381 e. The topological polar surface area (TPSA) is 9.23 Å². The molecule has 2 saturated carbocycles. The molecule has 10 radical (unpaired) electrons. The van der Waals surface area contributed by atoms with Crippen LogP contribution in [0.1, 0.15) is 19.3 Å². The van der Waals surface area contributed by atoms with Crippen molar-refractivity contribution in [1.29, 1.82) is 0 Å². The van der Waals surface area contributed by atoms with Crippen molar-refractivity contribution in [3.8, 4) is 0 Å². The van der Waals surface area contributed by atoms with E-state index in [-0.39, 0.29) is 21.1 Å². The summed E-state index contributed by atoms with van der Waals surface area (Å²) in [5, 5.41) is 0. The monoisotopic (exact) mass is 312 g/mol. The zero-order valence-electron chi connectivity index (χ0n) is 9.97. The molecule has 0 N–H and O–H groups in total. The molecule has 3 rings (SSSR count). The van der Waals surface area contributed by atoms with E-state index in [2.05, 4.69) is 51.4 Å². The van der Waals surface area contributed by atoms with E-state index >= 15 is 0 Å². The molecule has 0 amide bonds. The van der Waals surface area contributed by atoms with Crippen LogP contribution < -0.4 is 0 Å². The van der Waals surface area contributed by atoms with Gasteiger partial charge in [-0.3, -0.25) is 0 Å². The van der Waals surface area contributed by atoms with Gasteiger partial charge >= 0.3 is 0 Å². The van der Waals surface area contributed by atoms with Crippen LogP contribution in [0.25, 0.3) is 0 Å². The van der Waals surface area contributed by atoms with E-state index in [9.17, 15) is 0 Å². The molecule has 3 aliphatic rings. The molecule has 1 heterocycles. The molecule has 17 heavy (non-hydrogen) atoms. The number of hydrogen-bond acceptors (Lipinski definition) is 1. The molecule has 0 unspecified atom stereocenters. The van der Waals surface area contributed by atoms with Gasteiger partial charge in [-0.05, 0) is 82.5 Å². The SMILES string of the molecule is C1CCOC1.[CH]1[CH][CH][C](C[C]2[CH][CH][CH][CH]2)[CH]1.[Mo]. The largest absolute Gasteiger partial charge is 0.381 e. The van der Waals surface area contributed by atoms with E-state index < -0.39 is 0 Å². The zero-order chi connectivity index (χ0) is 11.1. The van der Waals surface area contributed by atoms with Crippen LogP contribution >= 0.6 is 0 Å². The van der Waals surface area contributed by atoms with E-state index in [1.807, 2.05) is 0 Å². The van der Waals surface area contributed by atoms with Gasteiger partial charge in [0, 0.05) is 34.3 Å². The Kier molecular flexibility index (Phi) is 8.83. The number of ether oxygens (including phenoxy) is 1. The summed E-state index contributed by atoms with van der Waals surface area (Å²) in [6, 6.07) is 0. The molecule has 0 aromatic heterocycles. The molecule has 1 aliphatic heterocycles. The summed E-state index contributed by atoms with van der Waals surface area (Å²) < 4.78 is 4.94. The van der Waals surface area contributed by atoms with Crippen LogP contribution in [0.4, 0.5) is 0 Å². The predicted molar refractivity (Wildman–Crippen MR) is 65.6 cm³/mol. The third-order valence-corrected chi connectivity index (χ3v) is 2.70. The fourth-order valence-corrected chi connectivity index (χ4v) is 1.81. The van der Waals surface area contributed by atoms with E-state index in [0.717, 1.165) is 19.6 Å². The van der Waals surface area contributed by atoms with Gasteiger partial charge in [0.1, 0.15) is 0 Å². The van der Waals surface area contributed by atoms with Crippen molar-refractivity contribution in [1.82, 2.24) is 0 Å². The van der Waals surface area contributed by atoms with Crippen LogP contribution in [0.2, 0.25) is 0 Å². The molecule has 0 aromatic carbocycles. The van der Waals surface area contributed by atoms with Gasteiger partial charge in [0.15, 0.2) is 0 Å². The Morgan fingerprint density at radius 2 is 1.18 bits per heavy atom. The van der Waals surface area contributed by atoms with Crippen LogP contribution in [-0.2, 0) is 25.8 Å². The van der Waals surface area contributed by atoms with Gasteiger partial charge in [0.05, 0.1) is 0 Å². The van der Waals surface area contributed by atoms with Crippen molar-refractivity contribution in [3.63, 3.8) is 0 Å². The Morgan fingerprint density at radius 3 is 1.47 bits per heavy atom. The molecule has 0 atom stereocenters. The number of hydrogen-bond donors (Lipinski definition) is 0. The molecule has 1 saturated heterocycles. The van der Waals surface area contributed by atoms with Crippen molar-refractivity contribution < 1.29 is 25.8 Å². The first-order valence-corrected chi connectivity index (χ1v) is 5.94. The van der Waals surface area contributed by atoms with E-state index in [4.69, 9.17) is 4.74 Å². The molecule has 2 aliphatic carbocycles. The third kappa shape index (κ3) is 6.39. The van der Waals surface area contributed by atoms with Gasteiger partial charge in [0.2, 0.25) is 0 Å². The molecular formula is C15H18MoO. The van der Waals surface area contributed by atoms with Gasteiger partial charge in [0.25, 0.3) is 0 Å². The fourth-order valence-electron chi connectivity index (χ4n) is 1.81. The third-order valence-electron chi connectivity index (χ3n) is 2.70. The molecular weight excluding hydrogens is 292 g/mol. The normalized spacial score (nSPS) is 25.4. The minimum absolute atomic E-state index is 0. The van der Waals surface area contributed by atoms with Crippen LogP contribution in [0, 0.1) is 63.2 Å². The summed E-state index contributed by atoms with van der Waals surface area (Å²) in [4.78, 5) is 0. The predicted octanol–water partition coefficient (Wildman–Crippen LogP) is 2.98. The Balaban J connectivity index is 0.000000205. The maximum absolute atomic E-state index is 4.94. The Labute approximate surface area is 121 Å². The zero-order valence-corrected chi connectivity index (χ0v) is 12.0. The molecule has 2 heteroatoms. The quantitative estimate of drug-likeness (QED) is 0.713. The van der Waals surface area contributed by atoms with Crippen molar-refractivity contribution >= 4 is 0 Å². The molecule has 0 aromatic rings. The average Bonchev–Trinajstić information content (AvgIpc) is 3.05. The van der Waals surface area contributed by atoms with Crippen molar-refractivity contribution in [2.45, 2.75) is 19.3 Å². The second-order valence-corrected chi connectivity index (χ2v) is 4.08. The fraction of sp³-hybridized carbons (Fsp3) is 0.333. The Hall–Kier alpha value is 0.648. The summed E-state index contributed by atoms with van der Waals surface area (Å²) >= 11 is 0. The van der Waals surface area contributed by atoms with Crippen LogP contribution in [0.3, 0.4) is 0 Å². The molecule has 90 valence electrons. The smallest absolute Gasteiger partial charge is 0.0466 e. The van der Waals surface area contributed by atoms with Crippen LogP contribution in [-0.4, -0.2) is 13.2 Å². The Morgan fingerprint density at radius 1 is 0.765 bits per heavy atom.